The van der Waals surface area contributed by atoms with Crippen molar-refractivity contribution in [2.24, 2.45) is 11.7 Å². The molecule has 0 aromatic heterocycles. The van der Waals surface area contributed by atoms with Crippen molar-refractivity contribution in [2.45, 2.75) is 176 Å². The van der Waals surface area contributed by atoms with Crippen LogP contribution in [0.2, 0.25) is 15.1 Å². The first kappa shape index (κ1) is 91.7. The fourth-order valence-electron chi connectivity index (χ4n) is 14.4. The van der Waals surface area contributed by atoms with Crippen LogP contribution in [0.15, 0.2) is 127 Å². The lowest BCUT2D eigenvalue weighted by molar-refractivity contribution is -0.320. The third-order valence-corrected chi connectivity index (χ3v) is 21.8. The number of halogens is 3. The van der Waals surface area contributed by atoms with E-state index in [2.05, 4.69) is 42.5 Å². The molecule has 0 aliphatic carbocycles. The zero-order valence-corrected chi connectivity index (χ0v) is 68.6. The van der Waals surface area contributed by atoms with Gasteiger partial charge in [-0.2, -0.15) is 0 Å². The molecule has 1 fully saturated rings. The van der Waals surface area contributed by atoms with E-state index in [1.54, 1.807) is 38.1 Å². The molecule has 18 atom stereocenters. The van der Waals surface area contributed by atoms with E-state index < -0.39 is 254 Å². The quantitative estimate of drug-likeness (QED) is 0.0353. The van der Waals surface area contributed by atoms with Crippen LogP contribution in [0.1, 0.15) is 118 Å². The number of aliphatic hydroxyl groups excluding tert-OH is 6. The molecule has 39 heteroatoms. The number of aliphatic carboxylic acids is 2. The Kier molecular flexibility index (Phi) is 29.3. The standard InChI is InChI=1S/C83H92Cl3N9O27/c1-34(2)22-50(88-7)74(106)94-65-67(101)41-15-20-54(48(85)24-41)119-56-26-43-27-57(71(56)122-82-72(70(104)69(103)59(32-96)121-82)118-36(4)117-35(3)73(105)83(5,6)89-31-58(80(112)113)116-33-37-8-10-38(11-9-37)39-12-17-44(84)18-13-39)120-55-21-16-42(25-49(55)86)68(102)66-79(111)93-64(81(114)115)47-28-45(97)29-53(99)61(47)46-23-40(14-19-52(46)98)62(76(108)95-66)92-77(109)63(43)91-75(107)51(30-60(87)100)90-78(65)110/h8-21,23-29,34-36,50-51,58-59,62-70,72-73,82,88-89,96-99,101-105H,22,30-33H2,1-7H3,(H2,87,100)(H,90,110)(H,91,107)(H,92,109)(H,93,111)(H,94,106)(H,95,108)(H,112,113)(H,114,115)/t35?,36?,50-,51+,58?,59?,62?,63-,64-,65?,66+,67-,68-,69?,70?,72?,73?,82?/m1/s1. The number of ether oxygens (including phenoxy) is 7. The molecule has 0 spiro atoms. The maximum absolute atomic E-state index is 16.2. The number of aliphatic hydroxyl groups is 6. The van der Waals surface area contributed by atoms with Gasteiger partial charge in [0.1, 0.15) is 89.5 Å². The van der Waals surface area contributed by atoms with Gasteiger partial charge in [0.25, 0.3) is 0 Å². The highest BCUT2D eigenvalue weighted by atomic mass is 35.5. The van der Waals surface area contributed by atoms with Crippen LogP contribution in [-0.4, -0.2) is 215 Å². The van der Waals surface area contributed by atoms with Gasteiger partial charge in [0.05, 0.1) is 47.9 Å². The van der Waals surface area contributed by atoms with Crippen LogP contribution in [0.3, 0.4) is 0 Å². The van der Waals surface area contributed by atoms with E-state index in [0.717, 1.165) is 77.9 Å². The summed E-state index contributed by atoms with van der Waals surface area (Å²) in [5, 5.41) is 147. The van der Waals surface area contributed by atoms with Crippen LogP contribution in [0.5, 0.6) is 46.0 Å². The van der Waals surface area contributed by atoms with Crippen LogP contribution >= 0.6 is 34.8 Å². The van der Waals surface area contributed by atoms with Gasteiger partial charge >= 0.3 is 11.9 Å². The number of aromatic hydroxyl groups is 3. The Hall–Kier alpha value is -11.0. The predicted molar refractivity (Wildman–Crippen MR) is 433 cm³/mol. The van der Waals surface area contributed by atoms with Crippen LogP contribution < -0.4 is 62.5 Å². The number of amides is 7. The number of hydrogen-bond acceptors (Lipinski definition) is 27. The monoisotopic (exact) mass is 1750 g/mol. The maximum Gasteiger partial charge on any atom is 0.334 e. The molecule has 7 aromatic rings. The second-order valence-electron chi connectivity index (χ2n) is 30.6. The number of carboxylic acids is 2. The summed E-state index contributed by atoms with van der Waals surface area (Å²) in [5.74, 6) is -17.8. The first-order valence-corrected chi connectivity index (χ1v) is 39.5. The molecule has 36 nitrogen and oxygen atoms in total. The number of carbonyl (C=O) groups is 9. The van der Waals surface area contributed by atoms with E-state index in [1.165, 1.54) is 33.0 Å². The average Bonchev–Trinajstić information content (AvgIpc) is 0.766. The van der Waals surface area contributed by atoms with Gasteiger partial charge in [-0.15, -0.1) is 0 Å². The minimum absolute atomic E-state index is 0.106. The number of fused-ring (bicyclic) bond motifs is 15. The van der Waals surface area contributed by atoms with Gasteiger partial charge in [-0.3, -0.25) is 33.6 Å². The molecule has 6 heterocycles. The summed E-state index contributed by atoms with van der Waals surface area (Å²) >= 11 is 20.3. The summed E-state index contributed by atoms with van der Waals surface area (Å²) < 4.78 is 44.7. The summed E-state index contributed by atoms with van der Waals surface area (Å²) in [7, 11) is 1.46. The molecule has 13 rings (SSSR count). The van der Waals surface area contributed by atoms with Crippen LogP contribution in [0, 0.1) is 5.92 Å². The Bertz CT molecular complexity index is 5090. The minimum Gasteiger partial charge on any atom is -0.508 e. The van der Waals surface area contributed by atoms with Crippen molar-refractivity contribution < 1.29 is 132 Å². The fraction of sp³-hybridized carbons (Fsp3) is 0.386. The van der Waals surface area contributed by atoms with Gasteiger partial charge in [-0.25, -0.2) is 9.59 Å². The zero-order valence-electron chi connectivity index (χ0n) is 66.3. The summed E-state index contributed by atoms with van der Waals surface area (Å²) in [6, 6.07) is 13.3. The second kappa shape index (κ2) is 39.0. The highest BCUT2D eigenvalue weighted by Crippen LogP contribution is 2.50. The first-order valence-electron chi connectivity index (χ1n) is 38.3. The largest absolute Gasteiger partial charge is 0.508 e. The lowest BCUT2D eigenvalue weighted by Gasteiger charge is -2.43. The van der Waals surface area contributed by atoms with E-state index in [1.807, 2.05) is 38.1 Å². The summed E-state index contributed by atoms with van der Waals surface area (Å²) in [6.07, 6.45) is -21.0. The molecule has 0 radical (unpaired) electrons. The van der Waals surface area contributed by atoms with Gasteiger partial charge in [-0.1, -0.05) is 103 Å². The number of primary amides is 1. The van der Waals surface area contributed by atoms with E-state index in [0.29, 0.717) is 10.6 Å². The lowest BCUT2D eigenvalue weighted by atomic mass is 9.89. The van der Waals surface area contributed by atoms with Gasteiger partial charge in [0.15, 0.2) is 36.0 Å². The maximum atomic E-state index is 16.2. The first-order chi connectivity index (χ1) is 57.7. The molecule has 7 amide bonds. The van der Waals surface area contributed by atoms with E-state index >= 15 is 14.4 Å². The normalized spacial score (nSPS) is 23.7. The molecule has 21 N–H and O–H groups in total. The van der Waals surface area contributed by atoms with Gasteiger partial charge in [-0.05, 0) is 153 Å². The van der Waals surface area contributed by atoms with Crippen molar-refractivity contribution in [1.29, 1.82) is 0 Å². The van der Waals surface area contributed by atoms with Crippen molar-refractivity contribution in [3.8, 4) is 68.2 Å². The Morgan fingerprint density at radius 2 is 1.24 bits per heavy atom. The molecule has 11 bridgehead atoms. The Morgan fingerprint density at radius 1 is 0.648 bits per heavy atom. The summed E-state index contributed by atoms with van der Waals surface area (Å²) in [6.45, 7) is 8.01. The Labute approximate surface area is 711 Å². The molecule has 7 aromatic carbocycles. The Morgan fingerprint density at radius 3 is 1.82 bits per heavy atom. The average molecular weight is 1750 g/mol. The van der Waals surface area contributed by atoms with Gasteiger partial charge < -0.3 is 138 Å². The molecule has 652 valence electrons. The topological polar surface area (TPSA) is 563 Å². The van der Waals surface area contributed by atoms with Crippen LogP contribution in [-0.2, 0) is 68.7 Å². The SMILES string of the molecule is CN[C@H](CC(C)C)C(=O)NC1C(=O)N[C@@H](CC(N)=O)C(=O)N[C@H]2C(=O)NC3C(=O)N[C@H](C(=O)N[C@@H](C(=O)O)c4cc(O)cc(O)c4-c4cc3ccc4O)[C@H](O)c3ccc(c(Cl)c3)Oc3cc2cc(c3OC2OC(CO)C(O)C(O)C2OC(C)OC(C)C(O)C(C)(C)NCC(OCc2ccc(-c3ccc(Cl)cc3)cc2)C(=O)O)Oc2ccc(cc2Cl)[C@H]1O. The smallest absolute Gasteiger partial charge is 0.334 e. The number of nitrogens with two attached hydrogens (primary N) is 1. The molecular formula is C83H92Cl3N9O27. The summed E-state index contributed by atoms with van der Waals surface area (Å²) in [4.78, 5) is 131. The second-order valence-corrected chi connectivity index (χ2v) is 31.8. The molecule has 1 saturated heterocycles. The molecular weight excluding hydrogens is 1660 g/mol. The van der Waals surface area contributed by atoms with Gasteiger partial charge in [0, 0.05) is 39.9 Å². The molecule has 0 saturated carbocycles. The fourth-order valence-corrected chi connectivity index (χ4v) is 15.0. The number of nitrogens with one attached hydrogen (secondary N) is 8. The molecule has 122 heavy (non-hydrogen) atoms. The molecule has 6 aliphatic heterocycles. The number of phenols is 3. The third-order valence-electron chi connectivity index (χ3n) is 20.9. The number of likely N-dealkylation sites (N-methyl/N-ethyl adjacent to an activating group) is 1. The van der Waals surface area contributed by atoms with Crippen LogP contribution in [0.4, 0.5) is 0 Å². The van der Waals surface area contributed by atoms with Crippen molar-refractivity contribution >= 4 is 88.1 Å². The number of rotatable bonds is 25. The summed E-state index contributed by atoms with van der Waals surface area (Å²) in [5.41, 5.74) is 3.82. The minimum atomic E-state index is -2.39. The highest BCUT2D eigenvalue weighted by molar-refractivity contribution is 6.32. The predicted octanol–water partition coefficient (Wildman–Crippen LogP) is 4.36. The molecule has 6 aliphatic rings. The van der Waals surface area contributed by atoms with Crippen molar-refractivity contribution in [3.63, 3.8) is 0 Å². The van der Waals surface area contributed by atoms with E-state index in [4.69, 9.17) is 73.7 Å². The van der Waals surface area contributed by atoms with Crippen molar-refractivity contribution in [2.75, 3.05) is 20.2 Å². The zero-order chi connectivity index (χ0) is 88.8. The van der Waals surface area contributed by atoms with Crippen LogP contribution in [0.25, 0.3) is 22.3 Å². The van der Waals surface area contributed by atoms with E-state index in [-0.39, 0.29) is 47.9 Å². The Balaban J connectivity index is 1.03. The number of carbonyl (C=O) groups excluding carboxylic acids is 7. The highest BCUT2D eigenvalue weighted by Gasteiger charge is 2.50. The van der Waals surface area contributed by atoms with E-state index in [9.17, 15) is 84.9 Å². The number of benzene rings is 7. The van der Waals surface area contributed by atoms with Gasteiger partial charge in [0.2, 0.25) is 53.4 Å². The third kappa shape index (κ3) is 21.2. The molecule has 11 unspecified atom stereocenters. The van der Waals surface area contributed by atoms with Crippen molar-refractivity contribution in [1.82, 2.24) is 42.5 Å². The number of hydrogen-bond donors (Lipinski definition) is 20. The number of phenolic OH excluding ortho intramolecular Hbond substituents is 3. The lowest BCUT2D eigenvalue weighted by Crippen LogP contribution is -2.62. The van der Waals surface area contributed by atoms with Crippen molar-refractivity contribution in [3.05, 3.63) is 176 Å². The number of carboxylic acid groups (broad SMARTS) is 2.